The molecule has 1 aromatic rings. The predicted molar refractivity (Wildman–Crippen MR) is 62.9 cm³/mol. The summed E-state index contributed by atoms with van der Waals surface area (Å²) in [5.74, 6) is -1.09. The van der Waals surface area contributed by atoms with Gasteiger partial charge in [0.15, 0.2) is 0 Å². The summed E-state index contributed by atoms with van der Waals surface area (Å²) in [6.07, 6.45) is 0. The Bertz CT molecular complexity index is 443. The van der Waals surface area contributed by atoms with Gasteiger partial charge in [-0.05, 0) is 32.0 Å². The molecule has 0 saturated carbocycles. The first-order chi connectivity index (χ1) is 7.90. The van der Waals surface area contributed by atoms with Crippen molar-refractivity contribution in [2.75, 3.05) is 5.32 Å². The molecule has 0 spiro atoms. The van der Waals surface area contributed by atoms with Crippen molar-refractivity contribution in [3.05, 3.63) is 39.4 Å². The van der Waals surface area contributed by atoms with Gasteiger partial charge in [-0.25, -0.2) is 4.79 Å². The van der Waals surface area contributed by atoms with Crippen molar-refractivity contribution in [3.63, 3.8) is 0 Å². The Morgan fingerprint density at radius 2 is 2.18 bits per heavy atom. The minimum atomic E-state index is -1.09. The van der Waals surface area contributed by atoms with Crippen molar-refractivity contribution in [2.24, 2.45) is 0 Å². The van der Waals surface area contributed by atoms with Crippen LogP contribution in [0.1, 0.15) is 29.8 Å². The molecule has 0 aliphatic heterocycles. The number of nitrogens with zero attached hydrogens (tertiary/aromatic N) is 1. The molecule has 92 valence electrons. The van der Waals surface area contributed by atoms with Gasteiger partial charge in [0.05, 0.1) is 5.56 Å². The Labute approximate surface area is 98.4 Å². The fraction of sp³-hybridized carbons (Fsp3) is 0.364. The largest absolute Gasteiger partial charge is 0.478 e. The molecule has 0 fully saturated rings. The van der Waals surface area contributed by atoms with Crippen LogP contribution in [-0.2, 0) is 6.54 Å². The van der Waals surface area contributed by atoms with Crippen molar-refractivity contribution in [1.82, 2.24) is 0 Å². The average Bonchev–Trinajstić information content (AvgIpc) is 2.18. The molecule has 0 radical (unpaired) electrons. The van der Waals surface area contributed by atoms with Crippen LogP contribution in [0.3, 0.4) is 0 Å². The lowest BCUT2D eigenvalue weighted by atomic mass is 10.1. The Morgan fingerprint density at radius 3 is 2.65 bits per heavy atom. The monoisotopic (exact) mass is 238 g/mol. The zero-order valence-corrected chi connectivity index (χ0v) is 9.64. The summed E-state index contributed by atoms with van der Waals surface area (Å²) in [7, 11) is 0. The van der Waals surface area contributed by atoms with Gasteiger partial charge in [0.2, 0.25) is 6.54 Å². The highest BCUT2D eigenvalue weighted by Crippen LogP contribution is 2.19. The molecule has 1 rings (SSSR count). The smallest absolute Gasteiger partial charge is 0.335 e. The number of nitrogens with one attached hydrogen (secondary N) is 1. The molecule has 6 heteroatoms. The van der Waals surface area contributed by atoms with Crippen LogP contribution in [0.4, 0.5) is 5.69 Å². The minimum Gasteiger partial charge on any atom is -0.478 e. The third-order valence-corrected chi connectivity index (χ3v) is 2.10. The van der Waals surface area contributed by atoms with Gasteiger partial charge in [0.1, 0.15) is 0 Å². The number of aromatic carboxylic acids is 1. The molecule has 6 nitrogen and oxygen atoms in total. The summed E-state index contributed by atoms with van der Waals surface area (Å²) >= 11 is 0. The van der Waals surface area contributed by atoms with E-state index >= 15 is 0 Å². The molecule has 0 saturated heterocycles. The van der Waals surface area contributed by atoms with Crippen LogP contribution >= 0.6 is 0 Å². The molecule has 0 aromatic heterocycles. The zero-order valence-electron chi connectivity index (χ0n) is 9.64. The lowest BCUT2D eigenvalue weighted by Crippen LogP contribution is -2.13. The third-order valence-electron chi connectivity index (χ3n) is 2.10. The number of hydrogen-bond acceptors (Lipinski definition) is 4. The molecule has 0 atom stereocenters. The fourth-order valence-corrected chi connectivity index (χ4v) is 1.45. The standard InChI is InChI=1S/C11H14N2O4/c1-7(2)12-10-4-3-8(11(14)15)5-9(10)6-13(16)17/h3-5,7,12H,6H2,1-2H3,(H,14,15). The molecule has 1 aromatic carbocycles. The maximum atomic E-state index is 10.8. The van der Waals surface area contributed by atoms with Crippen molar-refractivity contribution < 1.29 is 14.8 Å². The molecule has 2 N–H and O–H groups in total. The van der Waals surface area contributed by atoms with Crippen LogP contribution in [0.2, 0.25) is 0 Å². The van der Waals surface area contributed by atoms with E-state index in [0.29, 0.717) is 11.3 Å². The van der Waals surface area contributed by atoms with E-state index < -0.39 is 17.4 Å². The minimum absolute atomic E-state index is 0.0520. The van der Waals surface area contributed by atoms with Gasteiger partial charge in [-0.2, -0.15) is 0 Å². The average molecular weight is 238 g/mol. The van der Waals surface area contributed by atoms with Gasteiger partial charge in [-0.1, -0.05) is 0 Å². The number of benzene rings is 1. The molecule has 0 bridgehead atoms. The second-order valence-corrected chi connectivity index (χ2v) is 3.97. The molecule has 17 heavy (non-hydrogen) atoms. The summed E-state index contributed by atoms with van der Waals surface area (Å²) in [5.41, 5.74) is 1.03. The van der Waals surface area contributed by atoms with Crippen molar-refractivity contribution >= 4 is 11.7 Å². The fourth-order valence-electron chi connectivity index (χ4n) is 1.45. The quantitative estimate of drug-likeness (QED) is 0.604. The SMILES string of the molecule is CC(C)Nc1ccc(C(=O)O)cc1C[N+](=O)[O-]. The number of rotatable bonds is 5. The van der Waals surface area contributed by atoms with Crippen LogP contribution in [0.5, 0.6) is 0 Å². The van der Waals surface area contributed by atoms with Gasteiger partial charge in [0.25, 0.3) is 0 Å². The van der Waals surface area contributed by atoms with Gasteiger partial charge in [-0.15, -0.1) is 0 Å². The first-order valence-corrected chi connectivity index (χ1v) is 5.14. The van der Waals surface area contributed by atoms with Crippen molar-refractivity contribution in [3.8, 4) is 0 Å². The van der Waals surface area contributed by atoms with Crippen molar-refractivity contribution in [2.45, 2.75) is 26.4 Å². The van der Waals surface area contributed by atoms with Gasteiger partial charge in [-0.3, -0.25) is 10.1 Å². The van der Waals surface area contributed by atoms with E-state index in [0.717, 1.165) is 0 Å². The van der Waals surface area contributed by atoms with Gasteiger partial charge >= 0.3 is 5.97 Å². The van der Waals surface area contributed by atoms with Crippen LogP contribution in [0.25, 0.3) is 0 Å². The molecule has 0 aliphatic carbocycles. The highest BCUT2D eigenvalue weighted by molar-refractivity contribution is 5.88. The second kappa shape index (κ2) is 5.29. The van der Waals surface area contributed by atoms with Crippen LogP contribution in [0.15, 0.2) is 18.2 Å². The maximum absolute atomic E-state index is 10.8. The molecular formula is C11H14N2O4. The highest BCUT2D eigenvalue weighted by atomic mass is 16.6. The van der Waals surface area contributed by atoms with E-state index in [-0.39, 0.29) is 11.6 Å². The zero-order chi connectivity index (χ0) is 13.0. The number of carboxylic acid groups (broad SMARTS) is 1. The van der Waals surface area contributed by atoms with Gasteiger partial charge in [0, 0.05) is 22.2 Å². The summed E-state index contributed by atoms with van der Waals surface area (Å²) in [6, 6.07) is 4.44. The third kappa shape index (κ3) is 3.75. The topological polar surface area (TPSA) is 92.5 Å². The predicted octanol–water partition coefficient (Wildman–Crippen LogP) is 1.98. The van der Waals surface area contributed by atoms with E-state index in [9.17, 15) is 14.9 Å². The Kier molecular flexibility index (Phi) is 4.03. The summed E-state index contributed by atoms with van der Waals surface area (Å²) in [6.45, 7) is 3.41. The van der Waals surface area contributed by atoms with Crippen LogP contribution in [0, 0.1) is 10.1 Å². The second-order valence-electron chi connectivity index (χ2n) is 3.97. The number of anilines is 1. The summed E-state index contributed by atoms with van der Waals surface area (Å²) in [5, 5.41) is 22.4. The van der Waals surface area contributed by atoms with Crippen LogP contribution < -0.4 is 5.32 Å². The molecule has 0 aliphatic rings. The Morgan fingerprint density at radius 1 is 1.53 bits per heavy atom. The first kappa shape index (κ1) is 13.0. The highest BCUT2D eigenvalue weighted by Gasteiger charge is 2.13. The van der Waals surface area contributed by atoms with E-state index in [1.165, 1.54) is 12.1 Å². The number of carbonyl (C=O) groups is 1. The van der Waals surface area contributed by atoms with E-state index in [2.05, 4.69) is 5.32 Å². The van der Waals surface area contributed by atoms with E-state index in [1.807, 2.05) is 13.8 Å². The van der Waals surface area contributed by atoms with Crippen molar-refractivity contribution in [1.29, 1.82) is 0 Å². The summed E-state index contributed by atoms with van der Waals surface area (Å²) in [4.78, 5) is 20.8. The van der Waals surface area contributed by atoms with E-state index in [4.69, 9.17) is 5.11 Å². The molecule has 0 amide bonds. The first-order valence-electron chi connectivity index (χ1n) is 5.14. The normalized spacial score (nSPS) is 10.3. The number of nitro groups is 1. The summed E-state index contributed by atoms with van der Waals surface area (Å²) < 4.78 is 0. The van der Waals surface area contributed by atoms with Gasteiger partial charge < -0.3 is 10.4 Å². The number of hydrogen-bond donors (Lipinski definition) is 2. The van der Waals surface area contributed by atoms with E-state index in [1.54, 1.807) is 6.07 Å². The molecular weight excluding hydrogens is 224 g/mol. The Balaban J connectivity index is 3.11. The molecule has 0 heterocycles. The maximum Gasteiger partial charge on any atom is 0.335 e. The Hall–Kier alpha value is -2.11. The lowest BCUT2D eigenvalue weighted by Gasteiger charge is -2.13. The van der Waals surface area contributed by atoms with Crippen LogP contribution in [-0.4, -0.2) is 22.0 Å². The number of carboxylic acids is 1. The molecule has 0 unspecified atom stereocenters. The lowest BCUT2D eigenvalue weighted by molar-refractivity contribution is -0.496.